The molecule has 1 amide bonds. The first-order valence-electron chi connectivity index (χ1n) is 6.70. The van der Waals surface area contributed by atoms with E-state index in [1.807, 2.05) is 24.3 Å². The minimum absolute atomic E-state index is 0.140. The van der Waals surface area contributed by atoms with Gasteiger partial charge in [-0.2, -0.15) is 0 Å². The molecule has 116 valence electrons. The molecule has 0 atom stereocenters. The molecule has 2 aromatic rings. The summed E-state index contributed by atoms with van der Waals surface area (Å²) in [5.41, 5.74) is 2.60. The molecule has 7 heteroatoms. The van der Waals surface area contributed by atoms with E-state index < -0.39 is 5.97 Å². The number of benzene rings is 1. The largest absolute Gasteiger partial charge is 0.481 e. The fourth-order valence-electron chi connectivity index (χ4n) is 1.94. The molecule has 1 aromatic carbocycles. The van der Waals surface area contributed by atoms with Gasteiger partial charge >= 0.3 is 5.97 Å². The Bertz CT molecular complexity index is 683. The van der Waals surface area contributed by atoms with Crippen LogP contribution in [0.3, 0.4) is 0 Å². The number of carboxylic acids is 1. The number of alkyl halides is 1. The highest BCUT2D eigenvalue weighted by Crippen LogP contribution is 2.32. The number of aromatic nitrogens is 1. The first-order valence-corrected chi connectivity index (χ1v) is 8.05. The van der Waals surface area contributed by atoms with Crippen LogP contribution in [0, 0.1) is 0 Å². The molecule has 2 N–H and O–H groups in total. The Balaban J connectivity index is 2.37. The summed E-state index contributed by atoms with van der Waals surface area (Å²) in [5.74, 6) is -1.48. The summed E-state index contributed by atoms with van der Waals surface area (Å²) < 4.78 is 0. The molecular formula is C15H15ClN2O3S. The monoisotopic (exact) mass is 338 g/mol. The predicted octanol–water partition coefficient (Wildman–Crippen LogP) is 3.18. The molecule has 0 aliphatic rings. The molecule has 0 aliphatic heterocycles. The minimum Gasteiger partial charge on any atom is -0.481 e. The van der Waals surface area contributed by atoms with Crippen LogP contribution in [-0.2, 0) is 22.4 Å². The lowest BCUT2D eigenvalue weighted by Gasteiger charge is -2.02. The number of anilines is 1. The second-order valence-corrected chi connectivity index (χ2v) is 5.94. The minimum atomic E-state index is -0.940. The van der Waals surface area contributed by atoms with E-state index >= 15 is 0 Å². The van der Waals surface area contributed by atoms with Crippen molar-refractivity contribution in [2.45, 2.75) is 19.8 Å². The van der Waals surface area contributed by atoms with E-state index in [1.165, 1.54) is 5.56 Å². The highest BCUT2D eigenvalue weighted by Gasteiger charge is 2.17. The van der Waals surface area contributed by atoms with Crippen LogP contribution in [0.5, 0.6) is 0 Å². The smallest absolute Gasteiger partial charge is 0.308 e. The lowest BCUT2D eigenvalue weighted by Crippen LogP contribution is -2.12. The van der Waals surface area contributed by atoms with Crippen molar-refractivity contribution in [3.63, 3.8) is 0 Å². The number of aryl methyl sites for hydroxylation is 1. The van der Waals surface area contributed by atoms with Crippen molar-refractivity contribution in [2.75, 3.05) is 11.2 Å². The third-order valence-corrected chi connectivity index (χ3v) is 4.23. The maximum absolute atomic E-state index is 11.4. The Morgan fingerprint density at radius 1 is 1.32 bits per heavy atom. The van der Waals surface area contributed by atoms with E-state index in [0.29, 0.717) is 15.7 Å². The Kier molecular flexibility index (Phi) is 5.51. The van der Waals surface area contributed by atoms with E-state index in [1.54, 1.807) is 0 Å². The number of nitrogens with zero attached hydrogens (tertiary/aromatic N) is 1. The van der Waals surface area contributed by atoms with E-state index in [0.717, 1.165) is 23.3 Å². The number of carbonyl (C=O) groups excluding carboxylic acids is 1. The number of hydrogen-bond acceptors (Lipinski definition) is 4. The zero-order chi connectivity index (χ0) is 16.1. The number of halogens is 1. The average Bonchev–Trinajstić information content (AvgIpc) is 2.88. The first kappa shape index (κ1) is 16.5. The molecule has 0 saturated heterocycles. The van der Waals surface area contributed by atoms with E-state index in [2.05, 4.69) is 17.2 Å². The summed E-state index contributed by atoms with van der Waals surface area (Å²) in [4.78, 5) is 27.3. The highest BCUT2D eigenvalue weighted by atomic mass is 35.5. The van der Waals surface area contributed by atoms with Gasteiger partial charge in [0.25, 0.3) is 0 Å². The zero-order valence-electron chi connectivity index (χ0n) is 11.9. The first-order chi connectivity index (χ1) is 10.5. The number of carbonyl (C=O) groups is 2. The molecule has 1 heterocycles. The average molecular weight is 339 g/mol. The molecular weight excluding hydrogens is 324 g/mol. The fourth-order valence-corrected chi connectivity index (χ4v) is 3.00. The maximum atomic E-state index is 11.4. The third kappa shape index (κ3) is 4.05. The van der Waals surface area contributed by atoms with Crippen LogP contribution >= 0.6 is 22.9 Å². The fraction of sp³-hybridized carbons (Fsp3) is 0.267. The Morgan fingerprint density at radius 2 is 2.00 bits per heavy atom. The van der Waals surface area contributed by atoms with Gasteiger partial charge in [-0.1, -0.05) is 31.2 Å². The zero-order valence-corrected chi connectivity index (χ0v) is 13.5. The van der Waals surface area contributed by atoms with Crippen molar-refractivity contribution in [3.05, 3.63) is 34.7 Å². The summed E-state index contributed by atoms with van der Waals surface area (Å²) in [7, 11) is 0. The van der Waals surface area contributed by atoms with Crippen LogP contribution in [-0.4, -0.2) is 27.8 Å². The quantitative estimate of drug-likeness (QED) is 0.793. The van der Waals surface area contributed by atoms with Gasteiger partial charge in [0.1, 0.15) is 5.88 Å². The van der Waals surface area contributed by atoms with E-state index in [-0.39, 0.29) is 18.2 Å². The van der Waals surface area contributed by atoms with Crippen molar-refractivity contribution < 1.29 is 14.7 Å². The summed E-state index contributed by atoms with van der Waals surface area (Å²) >= 11 is 6.61. The molecule has 0 spiro atoms. The lowest BCUT2D eigenvalue weighted by atomic mass is 10.1. The number of aliphatic carboxylic acids is 1. The molecule has 2 rings (SSSR count). The summed E-state index contributed by atoms with van der Waals surface area (Å²) in [6.45, 7) is 2.06. The Hall–Kier alpha value is -1.92. The predicted molar refractivity (Wildman–Crippen MR) is 87.6 cm³/mol. The van der Waals surface area contributed by atoms with Crippen LogP contribution in [0.2, 0.25) is 0 Å². The highest BCUT2D eigenvalue weighted by molar-refractivity contribution is 7.16. The van der Waals surface area contributed by atoms with Gasteiger partial charge in [0.2, 0.25) is 5.91 Å². The van der Waals surface area contributed by atoms with E-state index in [4.69, 9.17) is 16.7 Å². The molecule has 22 heavy (non-hydrogen) atoms. The van der Waals surface area contributed by atoms with Gasteiger partial charge in [0.15, 0.2) is 5.13 Å². The van der Waals surface area contributed by atoms with Crippen molar-refractivity contribution in [2.24, 2.45) is 0 Å². The van der Waals surface area contributed by atoms with Gasteiger partial charge in [-0.15, -0.1) is 22.9 Å². The summed E-state index contributed by atoms with van der Waals surface area (Å²) in [6, 6.07) is 7.78. The molecule has 0 fully saturated rings. The van der Waals surface area contributed by atoms with Crippen molar-refractivity contribution in [1.82, 2.24) is 4.98 Å². The molecule has 0 radical (unpaired) electrons. The van der Waals surface area contributed by atoms with Gasteiger partial charge in [-0.25, -0.2) is 4.98 Å². The van der Waals surface area contributed by atoms with Crippen molar-refractivity contribution in [3.8, 4) is 11.3 Å². The number of carboxylic acid groups (broad SMARTS) is 1. The lowest BCUT2D eigenvalue weighted by molar-refractivity contribution is -0.136. The second kappa shape index (κ2) is 7.38. The topological polar surface area (TPSA) is 79.3 Å². The molecule has 0 unspecified atom stereocenters. The van der Waals surface area contributed by atoms with Gasteiger partial charge in [0, 0.05) is 10.4 Å². The normalized spacial score (nSPS) is 10.5. The standard InChI is InChI=1S/C15H15ClN2O3S/c1-2-9-3-5-10(6-4-9)14-11(7-13(20)21)22-15(18-14)17-12(19)8-16/h3-6H,2,7-8H2,1H3,(H,20,21)(H,17,18,19). The van der Waals surface area contributed by atoms with Crippen LogP contribution in [0.25, 0.3) is 11.3 Å². The molecule has 0 saturated carbocycles. The third-order valence-electron chi connectivity index (χ3n) is 3.01. The number of thiazole rings is 1. The SMILES string of the molecule is CCc1ccc(-c2nc(NC(=O)CCl)sc2CC(=O)O)cc1. The number of hydrogen-bond donors (Lipinski definition) is 2. The number of rotatable bonds is 6. The van der Waals surface area contributed by atoms with E-state index in [9.17, 15) is 9.59 Å². The van der Waals surface area contributed by atoms with Gasteiger partial charge < -0.3 is 10.4 Å². The maximum Gasteiger partial charge on any atom is 0.308 e. The molecule has 5 nitrogen and oxygen atoms in total. The van der Waals surface area contributed by atoms with Gasteiger partial charge in [-0.05, 0) is 12.0 Å². The van der Waals surface area contributed by atoms with Crippen LogP contribution < -0.4 is 5.32 Å². The summed E-state index contributed by atoms with van der Waals surface area (Å²) in [5, 5.41) is 11.9. The van der Waals surface area contributed by atoms with Crippen molar-refractivity contribution >= 4 is 39.9 Å². The molecule has 1 aromatic heterocycles. The van der Waals surface area contributed by atoms with Crippen LogP contribution in [0.4, 0.5) is 5.13 Å². The second-order valence-electron chi connectivity index (χ2n) is 4.59. The number of amides is 1. The Morgan fingerprint density at radius 3 is 2.55 bits per heavy atom. The van der Waals surface area contributed by atoms with Crippen LogP contribution in [0.1, 0.15) is 17.4 Å². The molecule has 0 aliphatic carbocycles. The van der Waals surface area contributed by atoms with Gasteiger partial charge in [-0.3, -0.25) is 9.59 Å². The van der Waals surface area contributed by atoms with Gasteiger partial charge in [0.05, 0.1) is 12.1 Å². The van der Waals surface area contributed by atoms with Crippen LogP contribution in [0.15, 0.2) is 24.3 Å². The Labute approximate surface area is 137 Å². The summed E-state index contributed by atoms with van der Waals surface area (Å²) in [6.07, 6.45) is 0.787. The van der Waals surface area contributed by atoms with Crippen molar-refractivity contribution in [1.29, 1.82) is 0 Å². The number of nitrogens with one attached hydrogen (secondary N) is 1. The molecule has 0 bridgehead atoms.